The minimum Gasteiger partial charge on any atom is -0.404 e. The summed E-state index contributed by atoms with van der Waals surface area (Å²) >= 11 is 0. The Hall–Kier alpha value is -4.04. The summed E-state index contributed by atoms with van der Waals surface area (Å²) in [4.78, 5) is 28.3. The van der Waals surface area contributed by atoms with Gasteiger partial charge in [0, 0.05) is 32.4 Å². The Balaban J connectivity index is 1.15. The molecule has 0 atom stereocenters. The number of hydrogen-bond donors (Lipinski definition) is 2. The first-order valence-corrected chi connectivity index (χ1v) is 12.3. The van der Waals surface area contributed by atoms with Crippen molar-refractivity contribution in [3.8, 4) is 5.75 Å². The number of nitrogens with zero attached hydrogens (tertiary/aromatic N) is 7. The van der Waals surface area contributed by atoms with Crippen molar-refractivity contribution in [2.45, 2.75) is 64.5 Å². The zero-order valence-corrected chi connectivity index (χ0v) is 20.5. The number of carbonyl (C=O) groups is 2. The molecule has 0 bridgehead atoms. The quantitative estimate of drug-likeness (QED) is 0.337. The SMILES string of the molecule is O=C(NCc1cncc(OC(F)(F)F)c1)c1cn(CCCCn2cc(C(=O)NCC3CCCC3)nn2)nn1. The molecule has 1 fully saturated rings. The number of amides is 2. The van der Waals surface area contributed by atoms with Crippen LogP contribution >= 0.6 is 0 Å². The summed E-state index contributed by atoms with van der Waals surface area (Å²) in [7, 11) is 0. The second-order valence-corrected chi connectivity index (χ2v) is 9.06. The molecule has 2 amide bonds. The van der Waals surface area contributed by atoms with Crippen molar-refractivity contribution < 1.29 is 27.5 Å². The van der Waals surface area contributed by atoms with E-state index in [0.717, 1.165) is 31.5 Å². The lowest BCUT2D eigenvalue weighted by Gasteiger charge is -2.09. The average Bonchev–Trinajstić information content (AvgIpc) is 3.65. The van der Waals surface area contributed by atoms with E-state index in [1.165, 1.54) is 29.9 Å². The highest BCUT2D eigenvalue weighted by Gasteiger charge is 2.31. The molecule has 0 aromatic carbocycles. The topological polar surface area (TPSA) is 142 Å². The molecule has 1 aliphatic rings. The van der Waals surface area contributed by atoms with Gasteiger partial charge in [-0.1, -0.05) is 23.3 Å². The van der Waals surface area contributed by atoms with Crippen LogP contribution in [-0.4, -0.2) is 59.7 Å². The molecule has 12 nitrogen and oxygen atoms in total. The highest BCUT2D eigenvalue weighted by molar-refractivity contribution is 5.92. The van der Waals surface area contributed by atoms with Gasteiger partial charge in [-0.05, 0) is 43.2 Å². The van der Waals surface area contributed by atoms with Crippen molar-refractivity contribution in [1.29, 1.82) is 0 Å². The first-order chi connectivity index (χ1) is 18.2. The molecule has 0 unspecified atom stereocenters. The fourth-order valence-electron chi connectivity index (χ4n) is 4.14. The number of pyridine rings is 1. The van der Waals surface area contributed by atoms with Gasteiger partial charge in [0.1, 0.15) is 5.75 Å². The van der Waals surface area contributed by atoms with E-state index in [1.807, 2.05) is 0 Å². The molecule has 38 heavy (non-hydrogen) atoms. The van der Waals surface area contributed by atoms with E-state index in [0.29, 0.717) is 43.2 Å². The van der Waals surface area contributed by atoms with Gasteiger partial charge in [-0.3, -0.25) is 23.9 Å². The molecule has 3 heterocycles. The van der Waals surface area contributed by atoms with Crippen LogP contribution in [0.5, 0.6) is 5.75 Å². The third-order valence-corrected chi connectivity index (χ3v) is 6.05. The van der Waals surface area contributed by atoms with E-state index in [9.17, 15) is 22.8 Å². The predicted octanol–water partition coefficient (Wildman–Crippen LogP) is 2.49. The lowest BCUT2D eigenvalue weighted by Crippen LogP contribution is -2.28. The van der Waals surface area contributed by atoms with Gasteiger partial charge in [0.15, 0.2) is 11.4 Å². The van der Waals surface area contributed by atoms with Crippen LogP contribution in [0.15, 0.2) is 30.9 Å². The molecule has 3 aromatic rings. The minimum atomic E-state index is -4.83. The fraction of sp³-hybridized carbons (Fsp3) is 0.522. The zero-order valence-electron chi connectivity index (χ0n) is 20.5. The van der Waals surface area contributed by atoms with E-state index in [4.69, 9.17) is 0 Å². The molecule has 204 valence electrons. The molecule has 0 spiro atoms. The van der Waals surface area contributed by atoms with Crippen LogP contribution in [-0.2, 0) is 19.6 Å². The first-order valence-electron chi connectivity index (χ1n) is 12.3. The summed E-state index contributed by atoms with van der Waals surface area (Å²) in [6.45, 7) is 1.68. The Morgan fingerprint density at radius 2 is 1.55 bits per heavy atom. The molecule has 1 aliphatic carbocycles. The van der Waals surface area contributed by atoms with Crippen molar-refractivity contribution in [1.82, 2.24) is 45.6 Å². The van der Waals surface area contributed by atoms with Gasteiger partial charge in [0.2, 0.25) is 0 Å². The molecule has 0 saturated heterocycles. The summed E-state index contributed by atoms with van der Waals surface area (Å²) in [5.41, 5.74) is 0.700. The third-order valence-electron chi connectivity index (χ3n) is 6.05. The molecular weight excluding hydrogens is 507 g/mol. The molecule has 1 saturated carbocycles. The molecular formula is C23H28F3N9O3. The molecule has 3 aromatic heterocycles. The summed E-state index contributed by atoms with van der Waals surface area (Å²) in [5.74, 6) is -0.664. The highest BCUT2D eigenvalue weighted by Crippen LogP contribution is 2.24. The van der Waals surface area contributed by atoms with Crippen LogP contribution in [0.25, 0.3) is 0 Å². The Morgan fingerprint density at radius 1 is 0.947 bits per heavy atom. The second-order valence-electron chi connectivity index (χ2n) is 9.06. The molecule has 4 rings (SSSR count). The van der Waals surface area contributed by atoms with Crippen molar-refractivity contribution in [3.63, 3.8) is 0 Å². The van der Waals surface area contributed by atoms with Crippen molar-refractivity contribution in [2.24, 2.45) is 5.92 Å². The first kappa shape index (κ1) is 27.0. The number of nitrogens with one attached hydrogen (secondary N) is 2. The number of unbranched alkanes of at least 4 members (excludes halogenated alkanes) is 1. The van der Waals surface area contributed by atoms with Gasteiger partial charge < -0.3 is 15.4 Å². The van der Waals surface area contributed by atoms with Gasteiger partial charge in [0.05, 0.1) is 18.6 Å². The predicted molar refractivity (Wildman–Crippen MR) is 126 cm³/mol. The van der Waals surface area contributed by atoms with E-state index in [2.05, 4.69) is 41.0 Å². The van der Waals surface area contributed by atoms with Crippen LogP contribution in [0.3, 0.4) is 0 Å². The molecule has 0 aliphatic heterocycles. The van der Waals surface area contributed by atoms with E-state index < -0.39 is 18.0 Å². The summed E-state index contributed by atoms with van der Waals surface area (Å²) < 4.78 is 44.0. The smallest absolute Gasteiger partial charge is 0.404 e. The summed E-state index contributed by atoms with van der Waals surface area (Å²) in [6.07, 6.45) is 6.74. The number of halogens is 3. The van der Waals surface area contributed by atoms with Gasteiger partial charge in [-0.15, -0.1) is 23.4 Å². The van der Waals surface area contributed by atoms with Crippen LogP contribution in [0.1, 0.15) is 65.1 Å². The van der Waals surface area contributed by atoms with E-state index in [1.54, 1.807) is 10.9 Å². The standard InChI is InChI=1S/C23H28F3N9O3/c24-23(25,26)38-18-9-17(10-27-13-18)12-29-22(37)20-15-35(33-31-20)8-4-3-7-34-14-19(30-32-34)21(36)28-11-16-5-1-2-6-16/h9-10,13-16H,1-8,11-12H2,(H,28,36)(H,29,37). The summed E-state index contributed by atoms with van der Waals surface area (Å²) in [5, 5.41) is 21.2. The Morgan fingerprint density at radius 3 is 2.16 bits per heavy atom. The monoisotopic (exact) mass is 535 g/mol. The molecule has 15 heteroatoms. The number of ether oxygens (including phenoxy) is 1. The van der Waals surface area contributed by atoms with Gasteiger partial charge in [-0.2, -0.15) is 0 Å². The molecule has 2 N–H and O–H groups in total. The largest absolute Gasteiger partial charge is 0.573 e. The maximum absolute atomic E-state index is 12.3. The fourth-order valence-corrected chi connectivity index (χ4v) is 4.14. The maximum Gasteiger partial charge on any atom is 0.573 e. The van der Waals surface area contributed by atoms with Crippen molar-refractivity contribution in [3.05, 3.63) is 47.8 Å². The van der Waals surface area contributed by atoms with E-state index in [-0.39, 0.29) is 18.1 Å². The van der Waals surface area contributed by atoms with E-state index >= 15 is 0 Å². The maximum atomic E-state index is 12.3. The number of hydrogen-bond acceptors (Lipinski definition) is 8. The van der Waals surface area contributed by atoms with Gasteiger partial charge >= 0.3 is 6.36 Å². The normalized spacial score (nSPS) is 14.0. The lowest BCUT2D eigenvalue weighted by atomic mass is 10.1. The van der Waals surface area contributed by atoms with Crippen LogP contribution in [0, 0.1) is 5.92 Å². The Labute approximate surface area is 215 Å². The lowest BCUT2D eigenvalue weighted by molar-refractivity contribution is -0.274. The number of aryl methyl sites for hydroxylation is 2. The van der Waals surface area contributed by atoms with Crippen molar-refractivity contribution >= 4 is 11.8 Å². The van der Waals surface area contributed by atoms with Gasteiger partial charge in [-0.25, -0.2) is 0 Å². The van der Waals surface area contributed by atoms with Crippen LogP contribution in [0.4, 0.5) is 13.2 Å². The summed E-state index contributed by atoms with van der Waals surface area (Å²) in [6, 6.07) is 1.14. The Kier molecular flexibility index (Phi) is 8.86. The van der Waals surface area contributed by atoms with Crippen molar-refractivity contribution in [2.75, 3.05) is 6.54 Å². The number of rotatable bonds is 12. The zero-order chi connectivity index (χ0) is 27.0. The number of aromatic nitrogens is 7. The molecule has 0 radical (unpaired) electrons. The average molecular weight is 536 g/mol. The second kappa shape index (κ2) is 12.5. The number of alkyl halides is 3. The Bertz CT molecular complexity index is 1220. The highest BCUT2D eigenvalue weighted by atomic mass is 19.4. The van der Waals surface area contributed by atoms with Crippen LogP contribution < -0.4 is 15.4 Å². The number of carbonyl (C=O) groups excluding carboxylic acids is 2. The van der Waals surface area contributed by atoms with Gasteiger partial charge in [0.25, 0.3) is 11.8 Å². The third kappa shape index (κ3) is 8.24. The van der Waals surface area contributed by atoms with Crippen LogP contribution in [0.2, 0.25) is 0 Å². The minimum absolute atomic E-state index is 0.0632.